The predicted molar refractivity (Wildman–Crippen MR) is 117 cm³/mol. The molecule has 0 radical (unpaired) electrons. The molecule has 3 rings (SSSR count). The Kier molecular flexibility index (Phi) is 7.10. The molecule has 3 aromatic rings. The first-order chi connectivity index (χ1) is 13.1. The van der Waals surface area contributed by atoms with Gasteiger partial charge < -0.3 is 0 Å². The van der Waals surface area contributed by atoms with Crippen molar-refractivity contribution in [3.63, 3.8) is 0 Å². The van der Waals surface area contributed by atoms with E-state index in [0.29, 0.717) is 5.56 Å². The maximum absolute atomic E-state index is 12.2. The number of amides is 1. The molecule has 3 aromatic carbocycles. The Balaban J connectivity index is 1.54. The number of halogens is 2. The van der Waals surface area contributed by atoms with Crippen LogP contribution in [-0.4, -0.2) is 12.1 Å². The fourth-order valence-corrected chi connectivity index (χ4v) is 3.62. The molecule has 6 heteroatoms. The summed E-state index contributed by atoms with van der Waals surface area (Å²) in [6.07, 6.45) is 1.61. The number of hydrogen-bond acceptors (Lipinski definition) is 3. The molecule has 1 amide bonds. The quantitative estimate of drug-likeness (QED) is 0.272. The number of hydrogen-bond donors (Lipinski definition) is 1. The van der Waals surface area contributed by atoms with E-state index in [4.69, 9.17) is 11.6 Å². The molecule has 0 fully saturated rings. The molecular weight excluding hydrogens is 444 g/mol. The Bertz CT molecular complexity index is 943. The van der Waals surface area contributed by atoms with Crippen molar-refractivity contribution in [3.8, 4) is 0 Å². The highest BCUT2D eigenvalue weighted by Gasteiger charge is 2.05. The summed E-state index contributed by atoms with van der Waals surface area (Å²) in [5.74, 6) is 0.583. The van der Waals surface area contributed by atoms with E-state index >= 15 is 0 Å². The Labute approximate surface area is 176 Å². The summed E-state index contributed by atoms with van der Waals surface area (Å²) in [5, 5.41) is 4.75. The van der Waals surface area contributed by atoms with Gasteiger partial charge in [0, 0.05) is 31.3 Å². The molecule has 136 valence electrons. The molecule has 0 heterocycles. The smallest absolute Gasteiger partial charge is 0.267 e. The molecule has 0 aromatic heterocycles. The zero-order valence-electron chi connectivity index (χ0n) is 14.2. The number of benzene rings is 3. The van der Waals surface area contributed by atoms with E-state index in [1.165, 1.54) is 0 Å². The van der Waals surface area contributed by atoms with E-state index in [1.54, 1.807) is 30.1 Å². The van der Waals surface area contributed by atoms with E-state index in [9.17, 15) is 4.79 Å². The van der Waals surface area contributed by atoms with Crippen molar-refractivity contribution in [3.05, 3.63) is 99.0 Å². The second kappa shape index (κ2) is 9.74. The lowest BCUT2D eigenvalue weighted by molar-refractivity contribution is 0.0955. The van der Waals surface area contributed by atoms with E-state index < -0.39 is 0 Å². The van der Waals surface area contributed by atoms with Crippen molar-refractivity contribution in [2.75, 3.05) is 0 Å². The summed E-state index contributed by atoms with van der Waals surface area (Å²) in [7, 11) is 0. The van der Waals surface area contributed by atoms with Gasteiger partial charge in [0.05, 0.1) is 6.21 Å². The minimum atomic E-state index is -0.241. The standard InChI is InChI=1S/C21H16BrClN2OS/c22-20-4-2-1-3-17(20)13-24-25-21(26)16-7-5-15(6-8-16)14-27-19-11-9-18(23)10-12-19/h1-13H,14H2,(H,25,26)/b24-13-. The Hall–Kier alpha value is -2.08. The van der Waals surface area contributed by atoms with E-state index in [1.807, 2.05) is 60.7 Å². The highest BCUT2D eigenvalue weighted by atomic mass is 79.9. The van der Waals surface area contributed by atoms with Crippen LogP contribution in [0.15, 0.2) is 87.3 Å². The molecular formula is C21H16BrClN2OS. The van der Waals surface area contributed by atoms with Gasteiger partial charge in [0.25, 0.3) is 5.91 Å². The SMILES string of the molecule is O=C(N/N=C\c1ccccc1Br)c1ccc(CSc2ccc(Cl)cc2)cc1. The Morgan fingerprint density at radius 3 is 2.44 bits per heavy atom. The van der Waals surface area contributed by atoms with Crippen molar-refractivity contribution >= 4 is 51.4 Å². The Morgan fingerprint density at radius 1 is 1.04 bits per heavy atom. The number of carbonyl (C=O) groups excluding carboxylic acids is 1. The molecule has 0 bridgehead atoms. The maximum atomic E-state index is 12.2. The van der Waals surface area contributed by atoms with Gasteiger partial charge in [-0.15, -0.1) is 11.8 Å². The second-order valence-corrected chi connectivity index (χ2v) is 8.00. The van der Waals surface area contributed by atoms with Crippen LogP contribution in [0.3, 0.4) is 0 Å². The lowest BCUT2D eigenvalue weighted by atomic mass is 10.1. The average Bonchev–Trinajstić information content (AvgIpc) is 2.69. The highest BCUT2D eigenvalue weighted by Crippen LogP contribution is 2.24. The average molecular weight is 460 g/mol. The van der Waals surface area contributed by atoms with Crippen molar-refractivity contribution in [1.29, 1.82) is 0 Å². The van der Waals surface area contributed by atoms with E-state index in [-0.39, 0.29) is 5.91 Å². The van der Waals surface area contributed by atoms with Gasteiger partial charge in [-0.3, -0.25) is 4.79 Å². The molecule has 0 atom stereocenters. The first-order valence-electron chi connectivity index (χ1n) is 8.17. The largest absolute Gasteiger partial charge is 0.271 e. The lowest BCUT2D eigenvalue weighted by Gasteiger charge is -2.04. The third-order valence-electron chi connectivity index (χ3n) is 3.71. The van der Waals surface area contributed by atoms with Gasteiger partial charge in [0.2, 0.25) is 0 Å². The van der Waals surface area contributed by atoms with Crippen molar-refractivity contribution < 1.29 is 4.79 Å². The van der Waals surface area contributed by atoms with Crippen LogP contribution in [0, 0.1) is 0 Å². The maximum Gasteiger partial charge on any atom is 0.271 e. The Morgan fingerprint density at radius 2 is 1.74 bits per heavy atom. The van der Waals surface area contributed by atoms with Gasteiger partial charge in [-0.1, -0.05) is 57.9 Å². The topological polar surface area (TPSA) is 41.5 Å². The molecule has 1 N–H and O–H groups in total. The number of nitrogens with one attached hydrogen (secondary N) is 1. The van der Waals surface area contributed by atoms with Crippen LogP contribution in [0.1, 0.15) is 21.5 Å². The molecule has 27 heavy (non-hydrogen) atoms. The first kappa shape index (κ1) is 19.7. The van der Waals surface area contributed by atoms with Crippen molar-refractivity contribution in [1.82, 2.24) is 5.43 Å². The zero-order chi connectivity index (χ0) is 19.1. The summed E-state index contributed by atoms with van der Waals surface area (Å²) in [4.78, 5) is 13.3. The monoisotopic (exact) mass is 458 g/mol. The number of rotatable bonds is 6. The van der Waals surface area contributed by atoms with E-state index in [0.717, 1.165) is 31.3 Å². The summed E-state index contributed by atoms with van der Waals surface area (Å²) < 4.78 is 0.922. The number of carbonyl (C=O) groups is 1. The number of hydrazone groups is 1. The number of thioether (sulfide) groups is 1. The van der Waals surface area contributed by atoms with Crippen molar-refractivity contribution in [2.45, 2.75) is 10.6 Å². The van der Waals surface area contributed by atoms with Gasteiger partial charge in [-0.25, -0.2) is 5.43 Å². The van der Waals surface area contributed by atoms with E-state index in [2.05, 4.69) is 26.5 Å². The van der Waals surface area contributed by atoms with Crippen LogP contribution >= 0.6 is 39.3 Å². The van der Waals surface area contributed by atoms with Crippen LogP contribution in [0.2, 0.25) is 5.02 Å². The fourth-order valence-electron chi connectivity index (χ4n) is 2.25. The van der Waals surface area contributed by atoms with Crippen LogP contribution in [-0.2, 0) is 5.75 Å². The minimum Gasteiger partial charge on any atom is -0.267 e. The summed E-state index contributed by atoms with van der Waals surface area (Å²) in [5.41, 5.74) is 5.16. The van der Waals surface area contributed by atoms with Crippen LogP contribution < -0.4 is 5.43 Å². The van der Waals surface area contributed by atoms with Crippen LogP contribution in [0.25, 0.3) is 0 Å². The summed E-state index contributed by atoms with van der Waals surface area (Å²) in [6.45, 7) is 0. The van der Waals surface area contributed by atoms with Gasteiger partial charge >= 0.3 is 0 Å². The van der Waals surface area contributed by atoms with Crippen LogP contribution in [0.5, 0.6) is 0 Å². The molecule has 0 saturated carbocycles. The molecule has 3 nitrogen and oxygen atoms in total. The van der Waals surface area contributed by atoms with Crippen molar-refractivity contribution in [2.24, 2.45) is 5.10 Å². The van der Waals surface area contributed by atoms with Gasteiger partial charge in [-0.2, -0.15) is 5.10 Å². The van der Waals surface area contributed by atoms with Gasteiger partial charge in [0.1, 0.15) is 0 Å². The summed E-state index contributed by atoms with van der Waals surface area (Å²) >= 11 is 11.1. The van der Waals surface area contributed by atoms with Gasteiger partial charge in [0.15, 0.2) is 0 Å². The molecule has 0 unspecified atom stereocenters. The molecule has 0 spiro atoms. The lowest BCUT2D eigenvalue weighted by Crippen LogP contribution is -2.17. The number of nitrogens with zero attached hydrogens (tertiary/aromatic N) is 1. The second-order valence-electron chi connectivity index (χ2n) is 5.66. The normalized spacial score (nSPS) is 10.9. The van der Waals surface area contributed by atoms with Gasteiger partial charge in [-0.05, 0) is 48.0 Å². The molecule has 0 saturated heterocycles. The predicted octanol–water partition coefficient (Wildman–Crippen LogP) is 6.16. The molecule has 0 aliphatic heterocycles. The highest BCUT2D eigenvalue weighted by molar-refractivity contribution is 9.10. The van der Waals surface area contributed by atoms with Crippen LogP contribution in [0.4, 0.5) is 0 Å². The fraction of sp³-hybridized carbons (Fsp3) is 0.0476. The molecule has 0 aliphatic rings. The first-order valence-corrected chi connectivity index (χ1v) is 10.3. The minimum absolute atomic E-state index is 0.241. The molecule has 0 aliphatic carbocycles. The third-order valence-corrected chi connectivity index (χ3v) is 5.77. The zero-order valence-corrected chi connectivity index (χ0v) is 17.4. The summed E-state index contributed by atoms with van der Waals surface area (Å²) in [6, 6.07) is 22.9. The third kappa shape index (κ3) is 5.96.